The highest BCUT2D eigenvalue weighted by Crippen LogP contribution is 2.24. The minimum atomic E-state index is 0.248. The van der Waals surface area contributed by atoms with E-state index in [0.717, 1.165) is 29.7 Å². The predicted molar refractivity (Wildman–Crippen MR) is 74.1 cm³/mol. The van der Waals surface area contributed by atoms with Gasteiger partial charge in [-0.3, -0.25) is 0 Å². The van der Waals surface area contributed by atoms with Crippen LogP contribution in [0, 0.1) is 0 Å². The number of phenolic OH excluding ortho intramolecular Hbond substituents is 1. The molecule has 0 aliphatic rings. The number of pyridine rings is 1. The summed E-state index contributed by atoms with van der Waals surface area (Å²) in [5.74, 6) is 1.03. The molecule has 0 fully saturated rings. The number of aromatic hydroxyl groups is 1. The van der Waals surface area contributed by atoms with E-state index in [4.69, 9.17) is 0 Å². The van der Waals surface area contributed by atoms with Crippen LogP contribution in [0.4, 0.5) is 5.82 Å². The first-order chi connectivity index (χ1) is 9.33. The van der Waals surface area contributed by atoms with Crippen LogP contribution in [-0.2, 0) is 6.54 Å². The van der Waals surface area contributed by atoms with Crippen LogP contribution in [0.3, 0.4) is 0 Å². The molecule has 5 nitrogen and oxygen atoms in total. The number of benzene rings is 1. The molecule has 0 bridgehead atoms. The normalized spacial score (nSPS) is 10.7. The van der Waals surface area contributed by atoms with E-state index >= 15 is 0 Å². The zero-order chi connectivity index (χ0) is 13.1. The number of fused-ring (bicyclic) bond motifs is 1. The molecule has 0 radical (unpaired) electrons. The van der Waals surface area contributed by atoms with Crippen molar-refractivity contribution in [1.82, 2.24) is 14.5 Å². The molecule has 0 atom stereocenters. The fraction of sp³-hybridized carbons (Fsp3) is 0.143. The van der Waals surface area contributed by atoms with E-state index < -0.39 is 0 Å². The summed E-state index contributed by atoms with van der Waals surface area (Å²) in [4.78, 5) is 8.32. The molecule has 0 unspecified atom stereocenters. The second kappa shape index (κ2) is 4.97. The van der Waals surface area contributed by atoms with Crippen LogP contribution < -0.4 is 5.32 Å². The van der Waals surface area contributed by atoms with E-state index in [9.17, 15) is 5.11 Å². The third-order valence-corrected chi connectivity index (χ3v) is 2.97. The van der Waals surface area contributed by atoms with Crippen molar-refractivity contribution in [2.45, 2.75) is 6.54 Å². The first-order valence-electron chi connectivity index (χ1n) is 6.10. The zero-order valence-corrected chi connectivity index (χ0v) is 10.3. The van der Waals surface area contributed by atoms with Crippen molar-refractivity contribution >= 4 is 16.6 Å². The van der Waals surface area contributed by atoms with Gasteiger partial charge in [-0.1, -0.05) is 6.07 Å². The fourth-order valence-electron chi connectivity index (χ4n) is 2.02. The van der Waals surface area contributed by atoms with Gasteiger partial charge in [-0.15, -0.1) is 0 Å². The maximum atomic E-state index is 9.56. The summed E-state index contributed by atoms with van der Waals surface area (Å²) in [6.45, 7) is 1.56. The highest BCUT2D eigenvalue weighted by molar-refractivity contribution is 5.92. The van der Waals surface area contributed by atoms with Gasteiger partial charge in [0, 0.05) is 37.1 Å². The molecule has 3 aromatic rings. The number of nitrogens with one attached hydrogen (secondary N) is 1. The van der Waals surface area contributed by atoms with E-state index in [1.165, 1.54) is 0 Å². The maximum absolute atomic E-state index is 9.56. The smallest absolute Gasteiger partial charge is 0.134 e. The molecule has 0 aliphatic heterocycles. The van der Waals surface area contributed by atoms with Gasteiger partial charge in [0.05, 0.1) is 6.33 Å². The van der Waals surface area contributed by atoms with E-state index in [-0.39, 0.29) is 5.75 Å². The van der Waals surface area contributed by atoms with E-state index in [1.807, 2.05) is 22.9 Å². The number of aromatic nitrogens is 3. The first kappa shape index (κ1) is 11.5. The van der Waals surface area contributed by atoms with Gasteiger partial charge < -0.3 is 15.0 Å². The summed E-state index contributed by atoms with van der Waals surface area (Å²) < 4.78 is 2.00. The topological polar surface area (TPSA) is 63.0 Å². The standard InChI is InChI=1S/C14H14N4O/c19-12-2-1-11-3-4-16-14(13(11)9-12)17-6-8-18-7-5-15-10-18/h1-5,7,9-10,19H,6,8H2,(H,16,17). The summed E-state index contributed by atoms with van der Waals surface area (Å²) in [5, 5.41) is 14.8. The van der Waals surface area contributed by atoms with E-state index in [2.05, 4.69) is 15.3 Å². The van der Waals surface area contributed by atoms with Crippen LogP contribution in [0.2, 0.25) is 0 Å². The van der Waals surface area contributed by atoms with Crippen LogP contribution in [-0.4, -0.2) is 26.2 Å². The Bertz CT molecular complexity index is 679. The van der Waals surface area contributed by atoms with Crippen LogP contribution in [0.5, 0.6) is 5.75 Å². The van der Waals surface area contributed by atoms with E-state index in [1.54, 1.807) is 30.9 Å². The molecule has 3 rings (SSSR count). The highest BCUT2D eigenvalue weighted by atomic mass is 16.3. The summed E-state index contributed by atoms with van der Waals surface area (Å²) in [7, 11) is 0. The molecular formula is C14H14N4O. The minimum absolute atomic E-state index is 0.248. The van der Waals surface area contributed by atoms with E-state index in [0.29, 0.717) is 0 Å². The summed E-state index contributed by atoms with van der Waals surface area (Å²) in [6, 6.07) is 7.21. The molecule has 5 heteroatoms. The van der Waals surface area contributed by atoms with Gasteiger partial charge in [0.1, 0.15) is 11.6 Å². The SMILES string of the molecule is Oc1ccc2ccnc(NCCn3ccnc3)c2c1. The number of hydrogen-bond donors (Lipinski definition) is 2. The van der Waals surface area contributed by atoms with Crippen LogP contribution in [0.15, 0.2) is 49.2 Å². The van der Waals surface area contributed by atoms with Crippen LogP contribution >= 0.6 is 0 Å². The molecule has 0 amide bonds. The Kier molecular flexibility index (Phi) is 3.02. The minimum Gasteiger partial charge on any atom is -0.508 e. The maximum Gasteiger partial charge on any atom is 0.134 e. The highest BCUT2D eigenvalue weighted by Gasteiger charge is 2.02. The van der Waals surface area contributed by atoms with Gasteiger partial charge in [-0.25, -0.2) is 9.97 Å². The Morgan fingerprint density at radius 3 is 3.00 bits per heavy atom. The lowest BCUT2D eigenvalue weighted by atomic mass is 10.1. The quantitative estimate of drug-likeness (QED) is 0.749. The lowest BCUT2D eigenvalue weighted by Gasteiger charge is -2.09. The lowest BCUT2D eigenvalue weighted by molar-refractivity contribution is 0.476. The van der Waals surface area contributed by atoms with Crippen molar-refractivity contribution in [3.63, 3.8) is 0 Å². The van der Waals surface area contributed by atoms with Crippen LogP contribution in [0.25, 0.3) is 10.8 Å². The molecular weight excluding hydrogens is 240 g/mol. The van der Waals surface area contributed by atoms with Crippen molar-refractivity contribution in [2.24, 2.45) is 0 Å². The number of hydrogen-bond acceptors (Lipinski definition) is 4. The average Bonchev–Trinajstić information content (AvgIpc) is 2.92. The van der Waals surface area contributed by atoms with Crippen molar-refractivity contribution in [3.05, 3.63) is 49.2 Å². The molecule has 2 heterocycles. The second-order valence-electron chi connectivity index (χ2n) is 4.29. The third kappa shape index (κ3) is 2.49. The Labute approximate surface area is 110 Å². The van der Waals surface area contributed by atoms with Crippen molar-refractivity contribution in [2.75, 3.05) is 11.9 Å². The molecule has 0 aliphatic carbocycles. The molecule has 2 aromatic heterocycles. The van der Waals surface area contributed by atoms with Crippen molar-refractivity contribution < 1.29 is 5.11 Å². The van der Waals surface area contributed by atoms with Crippen molar-refractivity contribution in [3.8, 4) is 5.75 Å². The Balaban J connectivity index is 1.78. The average molecular weight is 254 g/mol. The molecule has 96 valence electrons. The molecule has 0 spiro atoms. The number of rotatable bonds is 4. The summed E-state index contributed by atoms with van der Waals surface area (Å²) >= 11 is 0. The second-order valence-corrected chi connectivity index (χ2v) is 4.29. The molecule has 2 N–H and O–H groups in total. The molecule has 19 heavy (non-hydrogen) atoms. The van der Waals surface area contributed by atoms with Crippen LogP contribution in [0.1, 0.15) is 0 Å². The predicted octanol–water partition coefficient (Wildman–Crippen LogP) is 2.25. The monoisotopic (exact) mass is 254 g/mol. The number of nitrogens with zero attached hydrogens (tertiary/aromatic N) is 3. The molecule has 1 aromatic carbocycles. The van der Waals surface area contributed by atoms with Gasteiger partial charge in [-0.05, 0) is 23.6 Å². The third-order valence-electron chi connectivity index (χ3n) is 2.97. The lowest BCUT2D eigenvalue weighted by Crippen LogP contribution is -2.10. The Morgan fingerprint density at radius 1 is 1.21 bits per heavy atom. The fourth-order valence-corrected chi connectivity index (χ4v) is 2.02. The van der Waals surface area contributed by atoms with Gasteiger partial charge in [0.15, 0.2) is 0 Å². The molecule has 0 saturated heterocycles. The number of anilines is 1. The Hall–Kier alpha value is -2.56. The number of imidazole rings is 1. The van der Waals surface area contributed by atoms with Gasteiger partial charge >= 0.3 is 0 Å². The van der Waals surface area contributed by atoms with Crippen molar-refractivity contribution in [1.29, 1.82) is 0 Å². The Morgan fingerprint density at radius 2 is 2.16 bits per heavy atom. The van der Waals surface area contributed by atoms with Gasteiger partial charge in [0.2, 0.25) is 0 Å². The summed E-state index contributed by atoms with van der Waals surface area (Å²) in [5.41, 5.74) is 0. The van der Waals surface area contributed by atoms with Gasteiger partial charge in [-0.2, -0.15) is 0 Å². The van der Waals surface area contributed by atoms with Gasteiger partial charge in [0.25, 0.3) is 0 Å². The first-order valence-corrected chi connectivity index (χ1v) is 6.10. The summed E-state index contributed by atoms with van der Waals surface area (Å²) in [6.07, 6.45) is 7.22. The largest absolute Gasteiger partial charge is 0.508 e. The number of phenols is 1. The molecule has 0 saturated carbocycles. The zero-order valence-electron chi connectivity index (χ0n) is 10.3.